The van der Waals surface area contributed by atoms with Crippen LogP contribution >= 0.6 is 15.9 Å². The molecule has 3 N–H and O–H groups in total. The van der Waals surface area contributed by atoms with E-state index in [0.717, 1.165) is 10.2 Å². The molecule has 3 rings (SSSR count). The van der Waals surface area contributed by atoms with Gasteiger partial charge < -0.3 is 30.0 Å². The summed E-state index contributed by atoms with van der Waals surface area (Å²) in [4.78, 5) is 33.0. The van der Waals surface area contributed by atoms with Crippen LogP contribution in [0.2, 0.25) is 0 Å². The van der Waals surface area contributed by atoms with Gasteiger partial charge in [0.1, 0.15) is 12.9 Å². The van der Waals surface area contributed by atoms with Crippen molar-refractivity contribution in [2.75, 3.05) is 61.9 Å². The van der Waals surface area contributed by atoms with E-state index in [1.165, 1.54) is 11.2 Å². The molecule has 10 nitrogen and oxygen atoms in total. The van der Waals surface area contributed by atoms with Crippen LogP contribution in [0, 0.1) is 0 Å². The third kappa shape index (κ3) is 4.98. The Labute approximate surface area is 176 Å². The smallest absolute Gasteiger partial charge is 0.409 e. The van der Waals surface area contributed by atoms with Crippen molar-refractivity contribution in [3.05, 3.63) is 28.9 Å². The van der Waals surface area contributed by atoms with E-state index in [9.17, 15) is 9.59 Å². The van der Waals surface area contributed by atoms with Crippen molar-refractivity contribution < 1.29 is 18.7 Å². The van der Waals surface area contributed by atoms with Gasteiger partial charge >= 0.3 is 6.09 Å². The standard InChI is InChI=1S/C18H23BrN6O4/c1-21-4-9-28-18(27)24-7-5-23(6-8-24)13-2-3-14(19)15(10-13)25(12-26)16-11-29-17(20)22-16/h2-3,10-12,21H,4-9H2,1H3,(H2,20,22). The summed E-state index contributed by atoms with van der Waals surface area (Å²) in [5.41, 5.74) is 7.06. The Morgan fingerprint density at radius 1 is 1.41 bits per heavy atom. The van der Waals surface area contributed by atoms with Gasteiger partial charge in [-0.1, -0.05) is 0 Å². The van der Waals surface area contributed by atoms with Gasteiger partial charge in [0.2, 0.25) is 6.41 Å². The Morgan fingerprint density at radius 3 is 2.79 bits per heavy atom. The number of ether oxygens (including phenoxy) is 1. The molecular formula is C18H23BrN6O4. The summed E-state index contributed by atoms with van der Waals surface area (Å²) in [6, 6.07) is 5.68. The Balaban J connectivity index is 1.69. The van der Waals surface area contributed by atoms with E-state index in [0.29, 0.717) is 57.2 Å². The van der Waals surface area contributed by atoms with Gasteiger partial charge in [-0.15, -0.1) is 0 Å². The highest BCUT2D eigenvalue weighted by Crippen LogP contribution is 2.34. The first-order valence-corrected chi connectivity index (χ1v) is 9.89. The molecule has 29 heavy (non-hydrogen) atoms. The molecule has 2 amide bonds. The lowest BCUT2D eigenvalue weighted by Gasteiger charge is -2.36. The fourth-order valence-electron chi connectivity index (χ4n) is 2.98. The Bertz CT molecular complexity index is 853. The van der Waals surface area contributed by atoms with Gasteiger partial charge in [0, 0.05) is 42.9 Å². The van der Waals surface area contributed by atoms with Gasteiger partial charge in [-0.3, -0.25) is 9.69 Å². The highest BCUT2D eigenvalue weighted by molar-refractivity contribution is 9.10. The van der Waals surface area contributed by atoms with Crippen LogP contribution in [-0.2, 0) is 9.53 Å². The molecule has 0 bridgehead atoms. The quantitative estimate of drug-likeness (QED) is 0.468. The van der Waals surface area contributed by atoms with Crippen molar-refractivity contribution in [3.8, 4) is 0 Å². The highest BCUT2D eigenvalue weighted by atomic mass is 79.9. The van der Waals surface area contributed by atoms with E-state index in [-0.39, 0.29) is 12.1 Å². The number of hydrogen-bond donors (Lipinski definition) is 2. The number of hydrogen-bond acceptors (Lipinski definition) is 8. The predicted molar refractivity (Wildman–Crippen MR) is 112 cm³/mol. The summed E-state index contributed by atoms with van der Waals surface area (Å²) < 4.78 is 11.0. The molecule has 156 valence electrons. The second-order valence-electron chi connectivity index (χ2n) is 6.35. The molecule has 0 aliphatic carbocycles. The number of benzene rings is 1. The first kappa shape index (κ1) is 20.9. The van der Waals surface area contributed by atoms with Crippen LogP contribution in [0.3, 0.4) is 0 Å². The molecule has 0 saturated carbocycles. The van der Waals surface area contributed by atoms with Crippen molar-refractivity contribution in [2.24, 2.45) is 0 Å². The second-order valence-corrected chi connectivity index (χ2v) is 7.20. The van der Waals surface area contributed by atoms with E-state index in [4.69, 9.17) is 14.9 Å². The molecule has 1 aliphatic rings. The van der Waals surface area contributed by atoms with E-state index >= 15 is 0 Å². The third-order valence-electron chi connectivity index (χ3n) is 4.53. The molecule has 1 aromatic carbocycles. The number of carbonyl (C=O) groups is 2. The van der Waals surface area contributed by atoms with Gasteiger partial charge in [0.15, 0.2) is 5.82 Å². The molecule has 1 fully saturated rings. The molecule has 0 atom stereocenters. The summed E-state index contributed by atoms with van der Waals surface area (Å²) in [5, 5.41) is 2.94. The monoisotopic (exact) mass is 466 g/mol. The van der Waals surface area contributed by atoms with E-state index < -0.39 is 0 Å². The number of amides is 2. The van der Waals surface area contributed by atoms with Crippen molar-refractivity contribution >= 4 is 51.6 Å². The number of oxazole rings is 1. The molecule has 11 heteroatoms. The number of likely N-dealkylation sites (N-methyl/N-ethyl adjacent to an activating group) is 1. The molecule has 1 aliphatic heterocycles. The average Bonchev–Trinajstić information content (AvgIpc) is 3.16. The first-order chi connectivity index (χ1) is 14.0. The minimum atomic E-state index is -0.299. The number of nitrogens with one attached hydrogen (secondary N) is 1. The minimum Gasteiger partial charge on any atom is -0.448 e. The maximum absolute atomic E-state index is 12.1. The van der Waals surface area contributed by atoms with Crippen LogP contribution in [0.1, 0.15) is 0 Å². The molecule has 0 unspecified atom stereocenters. The number of nitrogens with zero attached hydrogens (tertiary/aromatic N) is 4. The molecular weight excluding hydrogens is 444 g/mol. The van der Waals surface area contributed by atoms with Crippen LogP contribution in [0.5, 0.6) is 0 Å². The third-order valence-corrected chi connectivity index (χ3v) is 5.20. The molecule has 2 heterocycles. The number of piperazine rings is 1. The van der Waals surface area contributed by atoms with Gasteiger partial charge in [-0.05, 0) is 41.2 Å². The van der Waals surface area contributed by atoms with Crippen LogP contribution in [0.25, 0.3) is 0 Å². The lowest BCUT2D eigenvalue weighted by Crippen LogP contribution is -2.49. The zero-order valence-electron chi connectivity index (χ0n) is 16.0. The second kappa shape index (κ2) is 9.61. The number of anilines is 4. The Hall–Kier alpha value is -2.79. The Kier molecular flexibility index (Phi) is 6.94. The van der Waals surface area contributed by atoms with Crippen LogP contribution in [0.15, 0.2) is 33.4 Å². The molecule has 0 spiro atoms. The average molecular weight is 467 g/mol. The normalized spacial score (nSPS) is 14.0. The summed E-state index contributed by atoms with van der Waals surface area (Å²) >= 11 is 3.48. The SMILES string of the molecule is CNCCOC(=O)N1CCN(c2ccc(Br)c(N(C=O)c3coc(N)n3)c2)CC1. The summed E-state index contributed by atoms with van der Waals surface area (Å²) in [5.74, 6) is 0.296. The first-order valence-electron chi connectivity index (χ1n) is 9.10. The van der Waals surface area contributed by atoms with E-state index in [1.807, 2.05) is 25.2 Å². The lowest BCUT2D eigenvalue weighted by atomic mass is 10.2. The number of halogens is 1. The van der Waals surface area contributed by atoms with E-state index in [2.05, 4.69) is 31.1 Å². The zero-order valence-corrected chi connectivity index (χ0v) is 17.6. The topological polar surface area (TPSA) is 117 Å². The molecule has 0 radical (unpaired) electrons. The number of rotatable bonds is 7. The number of nitrogens with two attached hydrogens (primary N) is 1. The summed E-state index contributed by atoms with van der Waals surface area (Å²) in [6.45, 7) is 3.39. The van der Waals surface area contributed by atoms with Gasteiger partial charge in [0.25, 0.3) is 6.01 Å². The molecule has 2 aromatic rings. The van der Waals surface area contributed by atoms with Crippen molar-refractivity contribution in [1.82, 2.24) is 15.2 Å². The minimum absolute atomic E-state index is 0.0168. The van der Waals surface area contributed by atoms with E-state index in [1.54, 1.807) is 4.90 Å². The molecule has 1 saturated heterocycles. The van der Waals surface area contributed by atoms with Crippen LogP contribution in [-0.4, -0.2) is 68.8 Å². The van der Waals surface area contributed by atoms with Crippen molar-refractivity contribution in [2.45, 2.75) is 0 Å². The van der Waals surface area contributed by atoms with Crippen LogP contribution < -0.4 is 20.9 Å². The van der Waals surface area contributed by atoms with Crippen molar-refractivity contribution in [3.63, 3.8) is 0 Å². The van der Waals surface area contributed by atoms with Crippen LogP contribution in [0.4, 0.5) is 28.0 Å². The fourth-order valence-corrected chi connectivity index (χ4v) is 3.42. The van der Waals surface area contributed by atoms with Gasteiger partial charge in [0.05, 0.1) is 5.69 Å². The highest BCUT2D eigenvalue weighted by Gasteiger charge is 2.24. The fraction of sp³-hybridized carbons (Fsp3) is 0.389. The summed E-state index contributed by atoms with van der Waals surface area (Å²) in [7, 11) is 1.81. The Morgan fingerprint density at radius 2 is 2.17 bits per heavy atom. The number of carbonyl (C=O) groups excluding carboxylic acids is 2. The maximum atomic E-state index is 12.1. The maximum Gasteiger partial charge on any atom is 0.409 e. The number of aromatic nitrogens is 1. The van der Waals surface area contributed by atoms with Gasteiger partial charge in [-0.2, -0.15) is 4.98 Å². The lowest BCUT2D eigenvalue weighted by molar-refractivity contribution is -0.106. The van der Waals surface area contributed by atoms with Crippen molar-refractivity contribution in [1.29, 1.82) is 0 Å². The zero-order chi connectivity index (χ0) is 20.8. The number of nitrogen functional groups attached to an aromatic ring is 1. The predicted octanol–water partition coefficient (Wildman–Crippen LogP) is 1.79. The molecule has 1 aromatic heterocycles. The van der Waals surface area contributed by atoms with Gasteiger partial charge in [-0.25, -0.2) is 4.79 Å². The summed E-state index contributed by atoms with van der Waals surface area (Å²) in [6.07, 6.45) is 1.67. The largest absolute Gasteiger partial charge is 0.448 e.